The van der Waals surface area contributed by atoms with Gasteiger partial charge in [-0.25, -0.2) is 9.67 Å². The SMILES string of the molecule is Cc1cc(C(=O)N(CC(=O)O)CC(C)C)ccc1-n1cncn1. The van der Waals surface area contributed by atoms with Crippen LogP contribution in [0.4, 0.5) is 0 Å². The average molecular weight is 316 g/mol. The fourth-order valence-corrected chi connectivity index (χ4v) is 2.38. The van der Waals surface area contributed by atoms with Crippen molar-refractivity contribution in [3.05, 3.63) is 42.0 Å². The van der Waals surface area contributed by atoms with E-state index < -0.39 is 5.97 Å². The van der Waals surface area contributed by atoms with E-state index in [2.05, 4.69) is 10.1 Å². The lowest BCUT2D eigenvalue weighted by molar-refractivity contribution is -0.137. The van der Waals surface area contributed by atoms with Crippen molar-refractivity contribution in [3.63, 3.8) is 0 Å². The summed E-state index contributed by atoms with van der Waals surface area (Å²) in [6.07, 6.45) is 3.02. The molecule has 0 saturated heterocycles. The summed E-state index contributed by atoms with van der Waals surface area (Å²) in [6, 6.07) is 5.21. The van der Waals surface area contributed by atoms with Gasteiger partial charge in [0.15, 0.2) is 0 Å². The van der Waals surface area contributed by atoms with Crippen molar-refractivity contribution in [1.29, 1.82) is 0 Å². The van der Waals surface area contributed by atoms with Gasteiger partial charge < -0.3 is 10.0 Å². The van der Waals surface area contributed by atoms with E-state index in [0.29, 0.717) is 12.1 Å². The van der Waals surface area contributed by atoms with E-state index in [4.69, 9.17) is 5.11 Å². The van der Waals surface area contributed by atoms with Gasteiger partial charge in [0.25, 0.3) is 5.91 Å². The molecule has 7 heteroatoms. The molecule has 0 bridgehead atoms. The van der Waals surface area contributed by atoms with Crippen LogP contribution >= 0.6 is 0 Å². The van der Waals surface area contributed by atoms with Crippen molar-refractivity contribution in [1.82, 2.24) is 19.7 Å². The fraction of sp³-hybridized carbons (Fsp3) is 0.375. The maximum atomic E-state index is 12.6. The molecule has 0 unspecified atom stereocenters. The summed E-state index contributed by atoms with van der Waals surface area (Å²) in [4.78, 5) is 28.8. The number of hydrogen-bond acceptors (Lipinski definition) is 4. The number of carbonyl (C=O) groups excluding carboxylic acids is 1. The van der Waals surface area contributed by atoms with Crippen LogP contribution in [0.5, 0.6) is 0 Å². The number of amides is 1. The van der Waals surface area contributed by atoms with Crippen molar-refractivity contribution >= 4 is 11.9 Å². The minimum absolute atomic E-state index is 0.189. The molecule has 1 aromatic carbocycles. The van der Waals surface area contributed by atoms with Crippen LogP contribution in [0, 0.1) is 12.8 Å². The van der Waals surface area contributed by atoms with Gasteiger partial charge in [0.05, 0.1) is 5.69 Å². The summed E-state index contributed by atoms with van der Waals surface area (Å²) in [5.74, 6) is -1.11. The van der Waals surface area contributed by atoms with Gasteiger partial charge >= 0.3 is 5.97 Å². The molecule has 1 aromatic heterocycles. The Kier molecular flexibility index (Phi) is 5.10. The van der Waals surface area contributed by atoms with Crippen molar-refractivity contribution in [3.8, 4) is 5.69 Å². The topological polar surface area (TPSA) is 88.3 Å². The molecule has 0 aliphatic rings. The second-order valence-electron chi connectivity index (χ2n) is 5.81. The molecule has 2 aromatic rings. The van der Waals surface area contributed by atoms with E-state index in [1.54, 1.807) is 29.2 Å². The Morgan fingerprint density at radius 1 is 1.35 bits per heavy atom. The van der Waals surface area contributed by atoms with Crippen LogP contribution in [0.2, 0.25) is 0 Å². The number of carboxylic acids is 1. The van der Waals surface area contributed by atoms with Crippen molar-refractivity contribution in [2.45, 2.75) is 20.8 Å². The van der Waals surface area contributed by atoms with E-state index in [1.165, 1.54) is 11.2 Å². The van der Waals surface area contributed by atoms with Crippen molar-refractivity contribution < 1.29 is 14.7 Å². The second-order valence-corrected chi connectivity index (χ2v) is 5.81. The number of aryl methyl sites for hydroxylation is 1. The average Bonchev–Trinajstić information content (AvgIpc) is 2.98. The van der Waals surface area contributed by atoms with Crippen molar-refractivity contribution in [2.75, 3.05) is 13.1 Å². The molecule has 0 saturated carbocycles. The van der Waals surface area contributed by atoms with E-state index >= 15 is 0 Å². The summed E-state index contributed by atoms with van der Waals surface area (Å²) < 4.78 is 1.62. The summed E-state index contributed by atoms with van der Waals surface area (Å²) >= 11 is 0. The Hall–Kier alpha value is -2.70. The predicted octanol–water partition coefficient (Wildman–Crippen LogP) is 1.76. The molecule has 1 amide bonds. The smallest absolute Gasteiger partial charge is 0.323 e. The maximum Gasteiger partial charge on any atom is 0.323 e. The molecule has 0 aliphatic heterocycles. The third kappa shape index (κ3) is 4.15. The first-order valence-electron chi connectivity index (χ1n) is 7.35. The minimum atomic E-state index is -1.02. The number of nitrogens with zero attached hydrogens (tertiary/aromatic N) is 4. The van der Waals surface area contributed by atoms with Gasteiger partial charge in [-0.15, -0.1) is 0 Å². The van der Waals surface area contributed by atoms with E-state index in [0.717, 1.165) is 11.3 Å². The molecule has 7 nitrogen and oxygen atoms in total. The highest BCUT2D eigenvalue weighted by Crippen LogP contribution is 2.16. The van der Waals surface area contributed by atoms with Crippen LogP contribution in [0.3, 0.4) is 0 Å². The third-order valence-electron chi connectivity index (χ3n) is 3.31. The molecule has 0 atom stereocenters. The first-order chi connectivity index (χ1) is 10.9. The highest BCUT2D eigenvalue weighted by atomic mass is 16.4. The van der Waals surface area contributed by atoms with Gasteiger partial charge in [0.2, 0.25) is 0 Å². The van der Waals surface area contributed by atoms with Crippen LogP contribution in [-0.2, 0) is 4.79 Å². The van der Waals surface area contributed by atoms with Gasteiger partial charge in [-0.1, -0.05) is 13.8 Å². The number of aliphatic carboxylic acids is 1. The number of carbonyl (C=O) groups is 2. The van der Waals surface area contributed by atoms with Gasteiger partial charge in [-0.05, 0) is 36.6 Å². The number of carboxylic acid groups (broad SMARTS) is 1. The van der Waals surface area contributed by atoms with E-state index in [9.17, 15) is 9.59 Å². The molecule has 0 aliphatic carbocycles. The molecule has 23 heavy (non-hydrogen) atoms. The lowest BCUT2D eigenvalue weighted by atomic mass is 10.1. The quantitative estimate of drug-likeness (QED) is 0.877. The highest BCUT2D eigenvalue weighted by molar-refractivity contribution is 5.96. The molecule has 2 rings (SSSR count). The van der Waals surface area contributed by atoms with Gasteiger partial charge in [-0.2, -0.15) is 5.10 Å². The zero-order chi connectivity index (χ0) is 17.0. The molecule has 1 N–H and O–H groups in total. The predicted molar refractivity (Wildman–Crippen MR) is 84.5 cm³/mol. The normalized spacial score (nSPS) is 10.8. The Labute approximate surface area is 134 Å². The van der Waals surface area contributed by atoms with Crippen LogP contribution in [0.25, 0.3) is 5.69 Å². The van der Waals surface area contributed by atoms with Gasteiger partial charge in [0.1, 0.15) is 19.2 Å². The molecule has 0 radical (unpaired) electrons. The lowest BCUT2D eigenvalue weighted by Crippen LogP contribution is -2.38. The summed E-state index contributed by atoms with van der Waals surface area (Å²) in [6.45, 7) is 5.86. The molecule has 1 heterocycles. The maximum absolute atomic E-state index is 12.6. The van der Waals surface area contributed by atoms with Gasteiger partial charge in [-0.3, -0.25) is 9.59 Å². The highest BCUT2D eigenvalue weighted by Gasteiger charge is 2.20. The van der Waals surface area contributed by atoms with Crippen LogP contribution in [-0.4, -0.2) is 49.7 Å². The molecule has 122 valence electrons. The van der Waals surface area contributed by atoms with Crippen LogP contribution in [0.1, 0.15) is 29.8 Å². The van der Waals surface area contributed by atoms with Crippen molar-refractivity contribution in [2.24, 2.45) is 5.92 Å². The number of hydrogen-bond donors (Lipinski definition) is 1. The molecule has 0 spiro atoms. The Balaban J connectivity index is 2.27. The van der Waals surface area contributed by atoms with E-state index in [1.807, 2.05) is 20.8 Å². The zero-order valence-electron chi connectivity index (χ0n) is 13.4. The van der Waals surface area contributed by atoms with E-state index in [-0.39, 0.29) is 18.4 Å². The first-order valence-corrected chi connectivity index (χ1v) is 7.35. The number of benzene rings is 1. The summed E-state index contributed by atoms with van der Waals surface area (Å²) in [5, 5.41) is 13.1. The third-order valence-corrected chi connectivity index (χ3v) is 3.31. The Bertz CT molecular complexity index is 695. The molecule has 0 fully saturated rings. The van der Waals surface area contributed by atoms with Crippen LogP contribution < -0.4 is 0 Å². The molecular formula is C16H20N4O3. The zero-order valence-corrected chi connectivity index (χ0v) is 13.4. The second kappa shape index (κ2) is 7.04. The lowest BCUT2D eigenvalue weighted by Gasteiger charge is -2.23. The number of rotatable bonds is 6. The largest absolute Gasteiger partial charge is 0.480 e. The molecular weight excluding hydrogens is 296 g/mol. The monoisotopic (exact) mass is 316 g/mol. The first kappa shape index (κ1) is 16.7. The standard InChI is InChI=1S/C16H20N4O3/c1-11(2)7-19(8-15(21)22)16(23)13-4-5-14(12(3)6-13)20-10-17-9-18-20/h4-6,9-11H,7-8H2,1-3H3,(H,21,22). The number of aromatic nitrogens is 3. The van der Waals surface area contributed by atoms with Gasteiger partial charge in [0, 0.05) is 12.1 Å². The Morgan fingerprint density at radius 2 is 2.09 bits per heavy atom. The summed E-state index contributed by atoms with van der Waals surface area (Å²) in [7, 11) is 0. The minimum Gasteiger partial charge on any atom is -0.480 e. The fourth-order valence-electron chi connectivity index (χ4n) is 2.38. The summed E-state index contributed by atoms with van der Waals surface area (Å²) in [5.41, 5.74) is 2.15. The van der Waals surface area contributed by atoms with Crippen LogP contribution in [0.15, 0.2) is 30.9 Å². The Morgan fingerprint density at radius 3 is 2.61 bits per heavy atom.